The monoisotopic (exact) mass is 243 g/mol. The van der Waals surface area contributed by atoms with Crippen molar-refractivity contribution in [3.63, 3.8) is 0 Å². The molecule has 1 heterocycles. The van der Waals surface area contributed by atoms with Crippen LogP contribution in [0.15, 0.2) is 18.2 Å². The Morgan fingerprint density at radius 3 is 2.53 bits per heavy atom. The molecule has 0 saturated carbocycles. The largest absolute Gasteiger partial charge is 0.416 e. The molecule has 0 amide bonds. The summed E-state index contributed by atoms with van der Waals surface area (Å²) in [6.45, 7) is 6.02. The van der Waals surface area contributed by atoms with E-state index in [-0.39, 0.29) is 11.5 Å². The maximum atomic E-state index is 12.7. The molecule has 0 aliphatic carbocycles. The molecule has 4 heteroatoms. The molecule has 0 fully saturated rings. The number of nitrogens with one attached hydrogen (secondary N) is 1. The van der Waals surface area contributed by atoms with Gasteiger partial charge in [0.05, 0.1) is 5.56 Å². The zero-order chi connectivity index (χ0) is 12.8. The van der Waals surface area contributed by atoms with Crippen LogP contribution >= 0.6 is 0 Å². The first-order chi connectivity index (χ1) is 7.70. The molecule has 1 aliphatic heterocycles. The van der Waals surface area contributed by atoms with Gasteiger partial charge >= 0.3 is 6.18 Å². The van der Waals surface area contributed by atoms with Crippen molar-refractivity contribution in [1.82, 2.24) is 0 Å². The van der Waals surface area contributed by atoms with Gasteiger partial charge in [-0.1, -0.05) is 13.8 Å². The Balaban J connectivity index is 2.51. The quantitative estimate of drug-likeness (QED) is 0.720. The Kier molecular flexibility index (Phi) is 2.64. The van der Waals surface area contributed by atoms with E-state index < -0.39 is 11.7 Å². The Labute approximate surface area is 99.0 Å². The van der Waals surface area contributed by atoms with E-state index in [0.717, 1.165) is 23.7 Å². The summed E-state index contributed by atoms with van der Waals surface area (Å²) in [4.78, 5) is 0. The lowest BCUT2D eigenvalue weighted by Crippen LogP contribution is -2.34. The molecule has 1 aliphatic rings. The van der Waals surface area contributed by atoms with Gasteiger partial charge in [-0.2, -0.15) is 13.2 Å². The highest BCUT2D eigenvalue weighted by molar-refractivity contribution is 5.59. The Morgan fingerprint density at radius 1 is 1.29 bits per heavy atom. The van der Waals surface area contributed by atoms with Crippen molar-refractivity contribution < 1.29 is 13.2 Å². The SMILES string of the molecule is CC1CC(C)(C)c2cc(C(F)(F)F)ccc2N1. The van der Waals surface area contributed by atoms with E-state index >= 15 is 0 Å². The number of halogens is 3. The van der Waals surface area contributed by atoms with Gasteiger partial charge < -0.3 is 5.32 Å². The van der Waals surface area contributed by atoms with Crippen LogP contribution in [0, 0.1) is 0 Å². The van der Waals surface area contributed by atoms with E-state index in [1.54, 1.807) is 0 Å². The summed E-state index contributed by atoms with van der Waals surface area (Å²) in [5.74, 6) is 0. The lowest BCUT2D eigenvalue weighted by atomic mass is 9.75. The van der Waals surface area contributed by atoms with E-state index in [4.69, 9.17) is 0 Å². The maximum absolute atomic E-state index is 12.7. The minimum Gasteiger partial charge on any atom is -0.382 e. The van der Waals surface area contributed by atoms with Crippen molar-refractivity contribution >= 4 is 5.69 Å². The molecule has 94 valence electrons. The van der Waals surface area contributed by atoms with Crippen molar-refractivity contribution in [2.24, 2.45) is 0 Å². The molecule has 0 radical (unpaired) electrons. The molecule has 0 spiro atoms. The van der Waals surface area contributed by atoms with Crippen LogP contribution in [0.3, 0.4) is 0 Å². The highest BCUT2D eigenvalue weighted by Crippen LogP contribution is 2.41. The van der Waals surface area contributed by atoms with Gasteiger partial charge in [0, 0.05) is 11.7 Å². The smallest absolute Gasteiger partial charge is 0.382 e. The fourth-order valence-corrected chi connectivity index (χ4v) is 2.60. The summed E-state index contributed by atoms with van der Waals surface area (Å²) < 4.78 is 38.0. The Bertz CT molecular complexity index is 435. The molecule has 0 saturated heterocycles. The summed E-state index contributed by atoms with van der Waals surface area (Å²) >= 11 is 0. The Morgan fingerprint density at radius 2 is 1.94 bits per heavy atom. The van der Waals surface area contributed by atoms with E-state index in [0.29, 0.717) is 0 Å². The summed E-state index contributed by atoms with van der Waals surface area (Å²) in [5, 5.41) is 3.23. The first kappa shape index (κ1) is 12.3. The van der Waals surface area contributed by atoms with Crippen LogP contribution in [0.1, 0.15) is 38.3 Å². The second kappa shape index (κ2) is 3.65. The summed E-state index contributed by atoms with van der Waals surface area (Å²) in [5.41, 5.74) is 0.786. The molecular formula is C13H16F3N. The minimum absolute atomic E-state index is 0.221. The van der Waals surface area contributed by atoms with Crippen molar-refractivity contribution in [2.75, 3.05) is 5.32 Å². The molecule has 1 atom stereocenters. The lowest BCUT2D eigenvalue weighted by Gasteiger charge is -2.37. The van der Waals surface area contributed by atoms with E-state index in [9.17, 15) is 13.2 Å². The van der Waals surface area contributed by atoms with Crippen LogP contribution in [0.2, 0.25) is 0 Å². The average Bonchev–Trinajstić information content (AvgIpc) is 2.13. The zero-order valence-electron chi connectivity index (χ0n) is 10.2. The number of alkyl halides is 3. The molecule has 1 aromatic carbocycles. The molecular weight excluding hydrogens is 227 g/mol. The molecule has 1 N–H and O–H groups in total. The number of hydrogen-bond donors (Lipinski definition) is 1. The second-order valence-corrected chi connectivity index (χ2v) is 5.39. The van der Waals surface area contributed by atoms with Crippen LogP contribution < -0.4 is 5.32 Å². The van der Waals surface area contributed by atoms with Gasteiger partial charge in [0.25, 0.3) is 0 Å². The van der Waals surface area contributed by atoms with Gasteiger partial charge in [0.1, 0.15) is 0 Å². The van der Waals surface area contributed by atoms with Crippen LogP contribution in [-0.2, 0) is 11.6 Å². The van der Waals surface area contributed by atoms with Crippen molar-refractivity contribution in [3.8, 4) is 0 Å². The third-order valence-electron chi connectivity index (χ3n) is 3.29. The number of hydrogen-bond acceptors (Lipinski definition) is 1. The predicted octanol–water partition coefficient (Wildman–Crippen LogP) is 4.19. The van der Waals surface area contributed by atoms with Crippen LogP contribution in [0.5, 0.6) is 0 Å². The molecule has 1 aromatic rings. The van der Waals surface area contributed by atoms with Gasteiger partial charge in [-0.05, 0) is 42.5 Å². The fraction of sp³-hybridized carbons (Fsp3) is 0.538. The highest BCUT2D eigenvalue weighted by Gasteiger charge is 2.35. The summed E-state index contributed by atoms with van der Waals surface area (Å²) in [6, 6.07) is 4.23. The van der Waals surface area contributed by atoms with E-state index in [1.165, 1.54) is 12.1 Å². The standard InChI is InChI=1S/C13H16F3N/c1-8-7-12(2,3)10-6-9(13(14,15)16)4-5-11(10)17-8/h4-6,8,17H,7H2,1-3H3. The Hall–Kier alpha value is -1.19. The van der Waals surface area contributed by atoms with E-state index in [1.807, 2.05) is 20.8 Å². The molecule has 1 nitrogen and oxygen atoms in total. The fourth-order valence-electron chi connectivity index (χ4n) is 2.60. The molecule has 2 rings (SSSR count). The molecule has 0 aromatic heterocycles. The third-order valence-corrected chi connectivity index (χ3v) is 3.29. The topological polar surface area (TPSA) is 12.0 Å². The normalized spacial score (nSPS) is 22.8. The molecule has 0 bridgehead atoms. The second-order valence-electron chi connectivity index (χ2n) is 5.39. The van der Waals surface area contributed by atoms with Gasteiger partial charge in [0.2, 0.25) is 0 Å². The number of anilines is 1. The van der Waals surface area contributed by atoms with Crippen molar-refractivity contribution in [2.45, 2.75) is 44.8 Å². The van der Waals surface area contributed by atoms with Crippen LogP contribution in [0.25, 0.3) is 0 Å². The minimum atomic E-state index is -4.27. The van der Waals surface area contributed by atoms with Gasteiger partial charge in [-0.3, -0.25) is 0 Å². The number of fused-ring (bicyclic) bond motifs is 1. The molecule has 17 heavy (non-hydrogen) atoms. The molecule has 1 unspecified atom stereocenters. The summed E-state index contributed by atoms with van der Waals surface area (Å²) in [6.07, 6.45) is -3.44. The summed E-state index contributed by atoms with van der Waals surface area (Å²) in [7, 11) is 0. The first-order valence-electron chi connectivity index (χ1n) is 5.68. The first-order valence-corrected chi connectivity index (χ1v) is 5.68. The number of benzene rings is 1. The maximum Gasteiger partial charge on any atom is 0.416 e. The lowest BCUT2D eigenvalue weighted by molar-refractivity contribution is -0.137. The van der Waals surface area contributed by atoms with E-state index in [2.05, 4.69) is 5.32 Å². The average molecular weight is 243 g/mol. The van der Waals surface area contributed by atoms with Gasteiger partial charge in [-0.15, -0.1) is 0 Å². The van der Waals surface area contributed by atoms with Crippen LogP contribution in [-0.4, -0.2) is 6.04 Å². The van der Waals surface area contributed by atoms with Crippen molar-refractivity contribution in [1.29, 1.82) is 0 Å². The van der Waals surface area contributed by atoms with Gasteiger partial charge in [0.15, 0.2) is 0 Å². The third kappa shape index (κ3) is 2.26. The van der Waals surface area contributed by atoms with Crippen LogP contribution in [0.4, 0.5) is 18.9 Å². The zero-order valence-corrected chi connectivity index (χ0v) is 10.2. The van der Waals surface area contributed by atoms with Crippen molar-refractivity contribution in [3.05, 3.63) is 29.3 Å². The predicted molar refractivity (Wildman–Crippen MR) is 62.2 cm³/mol. The highest BCUT2D eigenvalue weighted by atomic mass is 19.4. The van der Waals surface area contributed by atoms with Gasteiger partial charge in [-0.25, -0.2) is 0 Å². The number of rotatable bonds is 0.